The van der Waals surface area contributed by atoms with Gasteiger partial charge in [-0.1, -0.05) is 84.0 Å². The van der Waals surface area contributed by atoms with Gasteiger partial charge in [-0.15, -0.1) is 0 Å². The van der Waals surface area contributed by atoms with Crippen LogP contribution < -0.4 is 0 Å². The Bertz CT molecular complexity index is 326. The SMILES string of the molecule is CCCCCCCCCCCCCCC(C(=O)O)P(=O)(O)O. The van der Waals surface area contributed by atoms with E-state index in [2.05, 4.69) is 6.92 Å². The van der Waals surface area contributed by atoms with Crippen molar-refractivity contribution in [2.45, 2.75) is 96.1 Å². The van der Waals surface area contributed by atoms with Gasteiger partial charge in [0.05, 0.1) is 0 Å². The summed E-state index contributed by atoms with van der Waals surface area (Å²) in [6, 6.07) is 0. The zero-order chi connectivity index (χ0) is 16.8. The second-order valence-corrected chi connectivity index (χ2v) is 7.92. The van der Waals surface area contributed by atoms with E-state index in [1.807, 2.05) is 0 Å². The average molecular weight is 336 g/mol. The lowest BCUT2D eigenvalue weighted by atomic mass is 10.0. The summed E-state index contributed by atoms with van der Waals surface area (Å²) in [6.07, 6.45) is 14.0. The van der Waals surface area contributed by atoms with E-state index in [9.17, 15) is 9.36 Å². The number of aliphatic carboxylic acids is 1. The molecule has 3 N–H and O–H groups in total. The van der Waals surface area contributed by atoms with Crippen LogP contribution in [0.5, 0.6) is 0 Å². The van der Waals surface area contributed by atoms with E-state index >= 15 is 0 Å². The Balaban J connectivity index is 3.43. The molecule has 0 saturated heterocycles. The van der Waals surface area contributed by atoms with Gasteiger partial charge in [-0.3, -0.25) is 9.36 Å². The molecular weight excluding hydrogens is 303 g/mol. The molecule has 0 bridgehead atoms. The fraction of sp³-hybridized carbons (Fsp3) is 0.938. The van der Waals surface area contributed by atoms with Gasteiger partial charge in [0.1, 0.15) is 0 Å². The molecule has 1 unspecified atom stereocenters. The highest BCUT2D eigenvalue weighted by atomic mass is 31.2. The molecule has 0 rings (SSSR count). The van der Waals surface area contributed by atoms with E-state index in [1.165, 1.54) is 51.4 Å². The van der Waals surface area contributed by atoms with Crippen LogP contribution in [0.2, 0.25) is 0 Å². The standard InChI is InChI=1S/C16H33O5P/c1-2-3-4-5-6-7-8-9-10-11-12-13-14-15(16(17)18)22(19,20)21/h15H,2-14H2,1H3,(H,17,18)(H2,19,20,21). The predicted molar refractivity (Wildman–Crippen MR) is 89.2 cm³/mol. The Hall–Kier alpha value is -0.380. The van der Waals surface area contributed by atoms with Crippen LogP contribution in [0.1, 0.15) is 90.4 Å². The number of rotatable bonds is 15. The second kappa shape index (κ2) is 13.1. The largest absolute Gasteiger partial charge is 0.481 e. The monoisotopic (exact) mass is 336 g/mol. The van der Waals surface area contributed by atoms with E-state index < -0.39 is 19.2 Å². The van der Waals surface area contributed by atoms with Crippen molar-refractivity contribution < 1.29 is 24.3 Å². The third kappa shape index (κ3) is 12.2. The first-order chi connectivity index (χ1) is 10.4. The number of carboxylic acids is 1. The van der Waals surface area contributed by atoms with Crippen molar-refractivity contribution in [3.63, 3.8) is 0 Å². The predicted octanol–water partition coefficient (Wildman–Crippen LogP) is 4.71. The molecular formula is C16H33O5P. The lowest BCUT2D eigenvalue weighted by Gasteiger charge is -2.13. The Kier molecular flexibility index (Phi) is 12.9. The maximum absolute atomic E-state index is 11.0. The molecule has 0 aliphatic carbocycles. The third-order valence-electron chi connectivity index (χ3n) is 4.02. The van der Waals surface area contributed by atoms with Crippen LogP contribution in [-0.2, 0) is 9.36 Å². The van der Waals surface area contributed by atoms with E-state index in [1.54, 1.807) is 0 Å². The Morgan fingerprint density at radius 2 is 1.18 bits per heavy atom. The number of carbonyl (C=O) groups is 1. The van der Waals surface area contributed by atoms with Crippen molar-refractivity contribution in [2.24, 2.45) is 0 Å². The van der Waals surface area contributed by atoms with Crippen LogP contribution in [0.4, 0.5) is 0 Å². The van der Waals surface area contributed by atoms with Gasteiger partial charge < -0.3 is 14.9 Å². The number of hydrogen-bond donors (Lipinski definition) is 3. The van der Waals surface area contributed by atoms with Crippen molar-refractivity contribution in [3.8, 4) is 0 Å². The van der Waals surface area contributed by atoms with Crippen LogP contribution >= 0.6 is 7.60 Å². The molecule has 0 heterocycles. The van der Waals surface area contributed by atoms with E-state index in [4.69, 9.17) is 14.9 Å². The van der Waals surface area contributed by atoms with Crippen molar-refractivity contribution >= 4 is 13.6 Å². The highest BCUT2D eigenvalue weighted by molar-refractivity contribution is 7.53. The Labute approximate surface area is 134 Å². The molecule has 0 aromatic carbocycles. The Morgan fingerprint density at radius 3 is 1.50 bits per heavy atom. The first-order valence-electron chi connectivity index (χ1n) is 8.67. The summed E-state index contributed by atoms with van der Waals surface area (Å²) in [4.78, 5) is 28.7. The second-order valence-electron chi connectivity index (χ2n) is 6.12. The molecule has 0 aromatic heterocycles. The highest BCUT2D eigenvalue weighted by Crippen LogP contribution is 2.43. The zero-order valence-electron chi connectivity index (χ0n) is 13.9. The summed E-state index contributed by atoms with van der Waals surface area (Å²) in [5, 5.41) is 8.79. The topological polar surface area (TPSA) is 94.8 Å². The van der Waals surface area contributed by atoms with Gasteiger partial charge in [-0.25, -0.2) is 0 Å². The van der Waals surface area contributed by atoms with Gasteiger partial charge in [0.15, 0.2) is 5.66 Å². The molecule has 22 heavy (non-hydrogen) atoms. The maximum atomic E-state index is 11.0. The normalized spacial score (nSPS) is 13.2. The molecule has 132 valence electrons. The lowest BCUT2D eigenvalue weighted by Crippen LogP contribution is -2.20. The molecule has 0 radical (unpaired) electrons. The third-order valence-corrected chi connectivity index (χ3v) is 5.31. The van der Waals surface area contributed by atoms with Crippen LogP contribution in [-0.4, -0.2) is 26.5 Å². The summed E-state index contributed by atoms with van der Waals surface area (Å²) < 4.78 is 11.0. The van der Waals surface area contributed by atoms with E-state index in [-0.39, 0.29) is 6.42 Å². The summed E-state index contributed by atoms with van der Waals surface area (Å²) in [5.41, 5.74) is -1.53. The first kappa shape index (κ1) is 21.6. The number of carboxylic acid groups (broad SMARTS) is 1. The van der Waals surface area contributed by atoms with Gasteiger partial charge in [0.2, 0.25) is 0 Å². The molecule has 0 aliphatic heterocycles. The summed E-state index contributed by atoms with van der Waals surface area (Å²) in [5.74, 6) is -1.39. The minimum absolute atomic E-state index is 0.0665. The van der Waals surface area contributed by atoms with Crippen molar-refractivity contribution in [1.82, 2.24) is 0 Å². The molecule has 0 fully saturated rings. The number of hydrogen-bond acceptors (Lipinski definition) is 2. The van der Waals surface area contributed by atoms with Gasteiger partial charge in [-0.2, -0.15) is 0 Å². The highest BCUT2D eigenvalue weighted by Gasteiger charge is 2.34. The molecule has 0 amide bonds. The quantitative estimate of drug-likeness (QED) is 0.297. The fourth-order valence-electron chi connectivity index (χ4n) is 2.61. The summed E-state index contributed by atoms with van der Waals surface area (Å²) in [6.45, 7) is 2.22. The fourth-order valence-corrected chi connectivity index (χ4v) is 3.42. The lowest BCUT2D eigenvalue weighted by molar-refractivity contribution is -0.137. The summed E-state index contributed by atoms with van der Waals surface area (Å²) >= 11 is 0. The van der Waals surface area contributed by atoms with Crippen molar-refractivity contribution in [2.75, 3.05) is 0 Å². The van der Waals surface area contributed by atoms with Gasteiger partial charge in [-0.05, 0) is 6.42 Å². The van der Waals surface area contributed by atoms with Gasteiger partial charge >= 0.3 is 13.6 Å². The van der Waals surface area contributed by atoms with E-state index in [0.29, 0.717) is 6.42 Å². The summed E-state index contributed by atoms with van der Waals surface area (Å²) in [7, 11) is -4.51. The molecule has 0 aromatic rings. The van der Waals surface area contributed by atoms with E-state index in [0.717, 1.165) is 19.3 Å². The molecule has 0 saturated carbocycles. The molecule has 6 heteroatoms. The molecule has 0 spiro atoms. The molecule has 0 aliphatic rings. The van der Waals surface area contributed by atoms with Crippen molar-refractivity contribution in [1.29, 1.82) is 0 Å². The number of unbranched alkanes of at least 4 members (excludes halogenated alkanes) is 11. The zero-order valence-corrected chi connectivity index (χ0v) is 14.8. The maximum Gasteiger partial charge on any atom is 0.339 e. The van der Waals surface area contributed by atoms with Gasteiger partial charge in [0, 0.05) is 0 Å². The van der Waals surface area contributed by atoms with Gasteiger partial charge in [0.25, 0.3) is 0 Å². The minimum Gasteiger partial charge on any atom is -0.481 e. The minimum atomic E-state index is -4.51. The van der Waals surface area contributed by atoms with Crippen LogP contribution in [0.3, 0.4) is 0 Å². The Morgan fingerprint density at radius 1 is 0.818 bits per heavy atom. The smallest absolute Gasteiger partial charge is 0.339 e. The molecule has 1 atom stereocenters. The van der Waals surface area contributed by atoms with Crippen LogP contribution in [0.15, 0.2) is 0 Å². The van der Waals surface area contributed by atoms with Crippen LogP contribution in [0.25, 0.3) is 0 Å². The van der Waals surface area contributed by atoms with Crippen molar-refractivity contribution in [3.05, 3.63) is 0 Å². The molecule has 5 nitrogen and oxygen atoms in total. The average Bonchev–Trinajstić information content (AvgIpc) is 2.42. The first-order valence-corrected chi connectivity index (χ1v) is 10.4. The van der Waals surface area contributed by atoms with Crippen LogP contribution in [0, 0.1) is 0 Å².